The lowest BCUT2D eigenvalue weighted by atomic mass is 9.98. The molecule has 0 fully saturated rings. The topological polar surface area (TPSA) is 122 Å². The van der Waals surface area contributed by atoms with Gasteiger partial charge >= 0.3 is 0 Å². The zero-order valence-corrected chi connectivity index (χ0v) is 30.2. The molecule has 1 N–H and O–H groups in total. The third kappa shape index (κ3) is 6.60. The molecule has 5 aromatic rings. The van der Waals surface area contributed by atoms with Crippen LogP contribution in [0.25, 0.3) is 22.0 Å². The fraction of sp³-hybridized carbons (Fsp3) is 0.306. The molecule has 0 aliphatic carbocycles. The van der Waals surface area contributed by atoms with Crippen LogP contribution in [-0.4, -0.2) is 48.1 Å². The highest BCUT2D eigenvalue weighted by molar-refractivity contribution is 7.77. The number of anilines is 1. The number of aromatic nitrogens is 3. The lowest BCUT2D eigenvalue weighted by Gasteiger charge is -2.22. The molecule has 0 spiro atoms. The molecule has 10 nitrogen and oxygen atoms in total. The molecule has 0 saturated heterocycles. The van der Waals surface area contributed by atoms with Crippen LogP contribution in [0.1, 0.15) is 61.8 Å². The summed E-state index contributed by atoms with van der Waals surface area (Å²) >= 11 is 10.6. The molecule has 0 bridgehead atoms. The molecule has 1 aliphatic heterocycles. The van der Waals surface area contributed by atoms with Gasteiger partial charge in [-0.05, 0) is 100 Å². The molecule has 1 unspecified atom stereocenters. The number of aryl methyl sites for hydroxylation is 6. The van der Waals surface area contributed by atoms with Crippen LogP contribution in [0, 0.1) is 27.7 Å². The molecule has 13 heteroatoms. The number of halogens is 2. The van der Waals surface area contributed by atoms with Crippen molar-refractivity contribution >= 4 is 62.9 Å². The first-order valence-electron chi connectivity index (χ1n) is 15.9. The highest BCUT2D eigenvalue weighted by Gasteiger charge is 2.32. The average Bonchev–Trinajstić information content (AvgIpc) is 3.42. The summed E-state index contributed by atoms with van der Waals surface area (Å²) in [6.07, 6.45) is 1.80. The minimum absolute atomic E-state index is 0.126. The monoisotopic (exact) mass is 720 g/mol. The van der Waals surface area contributed by atoms with Crippen LogP contribution in [0.4, 0.5) is 5.69 Å². The lowest BCUT2D eigenvalue weighted by Crippen LogP contribution is -2.32. The standard InChI is InChI=1S/C36H37Cl2N5O5S/c1-20-17-26(18-21(2)32(20)38)48-16-7-11-27-28-12-13-29(37)31(30-22(3)39-41(5)23(30)4)33(28)43-15-8-14-42(36(45)34(27)43)25-10-6-9-24(19-25)35(44)40-49(46)47/h6,9-10,12-13,17-19H,7-8,11,14-16H2,1-5H3,(H,40,44)(H,46,47)/p-1. The van der Waals surface area contributed by atoms with E-state index in [1.54, 1.807) is 17.0 Å². The van der Waals surface area contributed by atoms with E-state index in [4.69, 9.17) is 27.9 Å². The second-order valence-electron chi connectivity index (χ2n) is 12.3. The number of ether oxygens (including phenoxy) is 1. The number of carbonyl (C=O) groups excluding carboxylic acids is 2. The third-order valence-corrected chi connectivity index (χ3v) is 10.4. The first kappa shape index (κ1) is 34.7. The lowest BCUT2D eigenvalue weighted by molar-refractivity contribution is 0.0970. The Morgan fingerprint density at radius 2 is 1.78 bits per heavy atom. The molecule has 1 aliphatic rings. The second-order valence-corrected chi connectivity index (χ2v) is 13.8. The van der Waals surface area contributed by atoms with Gasteiger partial charge in [-0.2, -0.15) is 5.10 Å². The van der Waals surface area contributed by atoms with Gasteiger partial charge in [0, 0.05) is 69.9 Å². The number of nitrogens with one attached hydrogen (secondary N) is 1. The van der Waals surface area contributed by atoms with Crippen LogP contribution in [0.2, 0.25) is 10.0 Å². The second kappa shape index (κ2) is 14.0. The molecule has 3 heterocycles. The van der Waals surface area contributed by atoms with Gasteiger partial charge in [-0.3, -0.25) is 23.2 Å². The van der Waals surface area contributed by atoms with E-state index in [1.807, 2.05) is 68.4 Å². The molecule has 6 rings (SSSR count). The van der Waals surface area contributed by atoms with E-state index >= 15 is 0 Å². The molecule has 3 aromatic carbocycles. The third-order valence-electron chi connectivity index (χ3n) is 9.09. The molecular weight excluding hydrogens is 685 g/mol. The van der Waals surface area contributed by atoms with E-state index in [9.17, 15) is 18.4 Å². The highest BCUT2D eigenvalue weighted by atomic mass is 35.5. The molecule has 256 valence electrons. The Morgan fingerprint density at radius 3 is 2.45 bits per heavy atom. The maximum absolute atomic E-state index is 14.7. The Labute approximate surface area is 297 Å². The minimum atomic E-state index is -2.77. The van der Waals surface area contributed by atoms with Gasteiger partial charge in [0.1, 0.15) is 11.4 Å². The van der Waals surface area contributed by atoms with Crippen molar-refractivity contribution in [1.82, 2.24) is 19.1 Å². The van der Waals surface area contributed by atoms with E-state index in [2.05, 4.69) is 9.67 Å². The number of rotatable bonds is 9. The molecule has 2 aromatic heterocycles. The summed E-state index contributed by atoms with van der Waals surface area (Å²) in [4.78, 5) is 28.9. The van der Waals surface area contributed by atoms with Crippen molar-refractivity contribution in [3.05, 3.63) is 97.9 Å². The predicted octanol–water partition coefficient (Wildman–Crippen LogP) is 7.17. The van der Waals surface area contributed by atoms with Gasteiger partial charge in [0.2, 0.25) is 0 Å². The summed E-state index contributed by atoms with van der Waals surface area (Å²) in [6.45, 7) is 9.22. The molecule has 2 amide bonds. The van der Waals surface area contributed by atoms with E-state index in [0.29, 0.717) is 55.4 Å². The van der Waals surface area contributed by atoms with Crippen molar-refractivity contribution in [3.8, 4) is 16.9 Å². The average molecular weight is 722 g/mol. The number of benzene rings is 3. The number of nitrogens with zero attached hydrogens (tertiary/aromatic N) is 4. The van der Waals surface area contributed by atoms with E-state index < -0.39 is 17.2 Å². The van der Waals surface area contributed by atoms with Crippen molar-refractivity contribution in [2.24, 2.45) is 7.05 Å². The highest BCUT2D eigenvalue weighted by Crippen LogP contribution is 2.43. The van der Waals surface area contributed by atoms with E-state index in [-0.39, 0.29) is 11.5 Å². The van der Waals surface area contributed by atoms with E-state index in [1.165, 1.54) is 12.1 Å². The summed E-state index contributed by atoms with van der Waals surface area (Å²) < 4.78 is 34.2. The maximum atomic E-state index is 14.7. The summed E-state index contributed by atoms with van der Waals surface area (Å²) in [5.41, 5.74) is 8.38. The van der Waals surface area contributed by atoms with Crippen molar-refractivity contribution in [2.75, 3.05) is 18.1 Å². The van der Waals surface area contributed by atoms with Crippen molar-refractivity contribution < 1.29 is 23.1 Å². The Balaban J connectivity index is 1.45. The first-order valence-corrected chi connectivity index (χ1v) is 17.8. The molecule has 49 heavy (non-hydrogen) atoms. The van der Waals surface area contributed by atoms with Gasteiger partial charge < -0.3 is 18.8 Å². The smallest absolute Gasteiger partial charge is 0.275 e. The van der Waals surface area contributed by atoms with Gasteiger partial charge in [0.15, 0.2) is 0 Å². The van der Waals surface area contributed by atoms with Crippen LogP contribution in [0.5, 0.6) is 5.75 Å². The zero-order valence-electron chi connectivity index (χ0n) is 27.9. The molecular formula is C36H36Cl2N5O5S-. The van der Waals surface area contributed by atoms with Crippen molar-refractivity contribution in [3.63, 3.8) is 0 Å². The normalized spacial score (nSPS) is 13.8. The summed E-state index contributed by atoms with van der Waals surface area (Å²) in [7, 11) is 1.90. The van der Waals surface area contributed by atoms with Gasteiger partial charge in [-0.25, -0.2) is 0 Å². The Kier molecular flexibility index (Phi) is 9.90. The first-order chi connectivity index (χ1) is 23.4. The van der Waals surface area contributed by atoms with Crippen LogP contribution in [0.3, 0.4) is 0 Å². The Bertz CT molecular complexity index is 2130. The quantitative estimate of drug-likeness (QED) is 0.127. The number of amides is 2. The number of hydrogen-bond donors (Lipinski definition) is 1. The summed E-state index contributed by atoms with van der Waals surface area (Å²) in [5, 5.41) is 6.88. The van der Waals surface area contributed by atoms with Crippen molar-refractivity contribution in [1.29, 1.82) is 0 Å². The summed E-state index contributed by atoms with van der Waals surface area (Å²) in [6, 6.07) is 14.1. The molecule has 1 atom stereocenters. The molecule has 0 radical (unpaired) electrons. The van der Waals surface area contributed by atoms with Crippen LogP contribution in [-0.2, 0) is 31.3 Å². The fourth-order valence-corrected chi connectivity index (χ4v) is 7.45. The van der Waals surface area contributed by atoms with Gasteiger partial charge in [-0.15, -0.1) is 0 Å². The van der Waals surface area contributed by atoms with Crippen molar-refractivity contribution in [2.45, 2.75) is 53.5 Å². The number of hydrogen-bond acceptors (Lipinski definition) is 6. The fourth-order valence-electron chi connectivity index (χ4n) is 6.83. The largest absolute Gasteiger partial charge is 0.755 e. The SMILES string of the molecule is Cc1cc(OCCCc2c3n(c4c(-c5c(C)nn(C)c5C)c(Cl)ccc24)CCCN(c2cccc(C(=O)NS(=O)[O-])c2)C3=O)cc(C)c1Cl. The molecule has 0 saturated carbocycles. The maximum Gasteiger partial charge on any atom is 0.275 e. The van der Waals surface area contributed by atoms with Gasteiger partial charge in [-0.1, -0.05) is 35.3 Å². The minimum Gasteiger partial charge on any atom is -0.755 e. The Hall–Kier alpha value is -4.16. The van der Waals surface area contributed by atoms with Crippen LogP contribution >= 0.6 is 23.2 Å². The van der Waals surface area contributed by atoms with Crippen LogP contribution < -0.4 is 14.4 Å². The predicted molar refractivity (Wildman–Crippen MR) is 192 cm³/mol. The number of carbonyl (C=O) groups is 2. The van der Waals surface area contributed by atoms with Crippen LogP contribution in [0.15, 0.2) is 48.5 Å². The zero-order chi connectivity index (χ0) is 35.1. The van der Waals surface area contributed by atoms with Gasteiger partial charge in [0.25, 0.3) is 11.8 Å². The number of fused-ring (bicyclic) bond motifs is 3. The van der Waals surface area contributed by atoms with Gasteiger partial charge in [0.05, 0.1) is 22.8 Å². The van der Waals surface area contributed by atoms with E-state index in [0.717, 1.165) is 60.9 Å². The summed E-state index contributed by atoms with van der Waals surface area (Å²) in [5.74, 6) is -0.261. The Morgan fingerprint density at radius 1 is 1.04 bits per heavy atom.